The molecule has 1 aromatic heterocycles. The average molecular weight is 345 g/mol. The highest BCUT2D eigenvalue weighted by atomic mass is 35.5. The van der Waals surface area contributed by atoms with Crippen LogP contribution in [-0.2, 0) is 11.2 Å². The molecule has 0 aliphatic carbocycles. The van der Waals surface area contributed by atoms with Crippen LogP contribution in [0.25, 0.3) is 10.9 Å². The summed E-state index contributed by atoms with van der Waals surface area (Å²) >= 11 is 6.19. The number of nitrogens with one attached hydrogen (secondary N) is 1. The van der Waals surface area contributed by atoms with Gasteiger partial charge in [-0.2, -0.15) is 0 Å². The minimum Gasteiger partial charge on any atom is -0.481 e. The van der Waals surface area contributed by atoms with E-state index < -0.39 is 11.8 Å². The minimum atomic E-state index is -0.988. The molecule has 2 N–H and O–H groups in total. The Bertz CT molecular complexity index is 944. The largest absolute Gasteiger partial charge is 0.481 e. The quantitative estimate of drug-likeness (QED) is 0.719. The number of carbonyl (C=O) groups is 1. The predicted octanol–water partition coefficient (Wildman–Crippen LogP) is 4.71. The van der Waals surface area contributed by atoms with Crippen molar-refractivity contribution in [2.75, 3.05) is 5.32 Å². The molecule has 6 heteroatoms. The zero-order valence-electron chi connectivity index (χ0n) is 12.8. The van der Waals surface area contributed by atoms with Crippen LogP contribution in [0.1, 0.15) is 11.3 Å². The molecule has 0 radical (unpaired) electrons. The van der Waals surface area contributed by atoms with E-state index in [0.29, 0.717) is 38.6 Å². The Morgan fingerprint density at radius 1 is 1.29 bits per heavy atom. The zero-order valence-corrected chi connectivity index (χ0v) is 13.6. The lowest BCUT2D eigenvalue weighted by atomic mass is 10.0. The van der Waals surface area contributed by atoms with Crippen molar-refractivity contribution in [2.45, 2.75) is 13.3 Å². The van der Waals surface area contributed by atoms with E-state index in [4.69, 9.17) is 11.6 Å². The number of carboxylic acids is 1. The monoisotopic (exact) mass is 344 g/mol. The molecular formula is C18H14ClFN2O2. The fourth-order valence-electron chi connectivity index (χ4n) is 2.61. The minimum absolute atomic E-state index is 0.224. The molecule has 4 nitrogen and oxygen atoms in total. The predicted molar refractivity (Wildman–Crippen MR) is 92.5 cm³/mol. The Morgan fingerprint density at radius 2 is 2.04 bits per heavy atom. The molecule has 0 amide bonds. The number of para-hydroxylation sites is 1. The van der Waals surface area contributed by atoms with Gasteiger partial charge in [0.15, 0.2) is 0 Å². The van der Waals surface area contributed by atoms with E-state index >= 15 is 0 Å². The van der Waals surface area contributed by atoms with Crippen LogP contribution in [0.15, 0.2) is 42.5 Å². The van der Waals surface area contributed by atoms with Crippen LogP contribution >= 0.6 is 11.6 Å². The summed E-state index contributed by atoms with van der Waals surface area (Å²) < 4.78 is 13.7. The number of fused-ring (bicyclic) bond motifs is 1. The maximum atomic E-state index is 13.7. The van der Waals surface area contributed by atoms with Crippen LogP contribution < -0.4 is 5.32 Å². The number of aromatic nitrogens is 1. The second kappa shape index (κ2) is 6.45. The second-order valence-corrected chi connectivity index (χ2v) is 5.79. The topological polar surface area (TPSA) is 62.2 Å². The van der Waals surface area contributed by atoms with E-state index in [9.17, 15) is 14.3 Å². The van der Waals surface area contributed by atoms with E-state index in [-0.39, 0.29) is 6.42 Å². The van der Waals surface area contributed by atoms with Crippen molar-refractivity contribution in [3.8, 4) is 0 Å². The van der Waals surface area contributed by atoms with Gasteiger partial charge in [-0.1, -0.05) is 23.7 Å². The summed E-state index contributed by atoms with van der Waals surface area (Å²) in [6, 6.07) is 11.3. The molecule has 0 saturated heterocycles. The van der Waals surface area contributed by atoms with Gasteiger partial charge in [0.25, 0.3) is 0 Å². The van der Waals surface area contributed by atoms with E-state index in [1.165, 1.54) is 12.1 Å². The third-order valence-electron chi connectivity index (χ3n) is 3.72. The van der Waals surface area contributed by atoms with Crippen molar-refractivity contribution in [1.29, 1.82) is 0 Å². The van der Waals surface area contributed by atoms with Gasteiger partial charge in [0.2, 0.25) is 0 Å². The van der Waals surface area contributed by atoms with Gasteiger partial charge in [-0.15, -0.1) is 0 Å². The number of anilines is 2. The third-order valence-corrected chi connectivity index (χ3v) is 4.05. The number of aliphatic carboxylic acids is 1. The fourth-order valence-corrected chi connectivity index (χ4v) is 2.79. The summed E-state index contributed by atoms with van der Waals surface area (Å²) in [6.45, 7) is 1.73. The van der Waals surface area contributed by atoms with E-state index in [2.05, 4.69) is 10.3 Å². The molecule has 0 fully saturated rings. The van der Waals surface area contributed by atoms with Gasteiger partial charge in [-0.3, -0.25) is 9.78 Å². The van der Waals surface area contributed by atoms with Crippen LogP contribution in [0.2, 0.25) is 5.02 Å². The zero-order chi connectivity index (χ0) is 17.3. The Kier molecular flexibility index (Phi) is 4.36. The molecule has 2 aromatic carbocycles. The van der Waals surface area contributed by atoms with Crippen molar-refractivity contribution in [3.05, 3.63) is 64.6 Å². The summed E-state index contributed by atoms with van der Waals surface area (Å²) in [5.74, 6) is -1.41. The highest BCUT2D eigenvalue weighted by Crippen LogP contribution is 2.34. The number of rotatable bonds is 4. The van der Waals surface area contributed by atoms with Gasteiger partial charge < -0.3 is 10.4 Å². The van der Waals surface area contributed by atoms with Crippen molar-refractivity contribution in [3.63, 3.8) is 0 Å². The Hall–Kier alpha value is -2.66. The molecule has 0 spiro atoms. The van der Waals surface area contributed by atoms with Crippen molar-refractivity contribution >= 4 is 39.8 Å². The van der Waals surface area contributed by atoms with Crippen LogP contribution in [-0.4, -0.2) is 16.1 Å². The Labute approximate surface area is 142 Å². The number of hydrogen-bond donors (Lipinski definition) is 2. The fraction of sp³-hybridized carbons (Fsp3) is 0.111. The summed E-state index contributed by atoms with van der Waals surface area (Å²) in [5, 5.41) is 13.4. The number of aryl methyl sites for hydroxylation is 1. The molecule has 3 rings (SSSR count). The summed E-state index contributed by atoms with van der Waals surface area (Å²) in [6.07, 6.45) is -0.224. The number of carboxylic acid groups (broad SMARTS) is 1. The van der Waals surface area contributed by atoms with Crippen molar-refractivity contribution in [1.82, 2.24) is 4.98 Å². The van der Waals surface area contributed by atoms with E-state index in [0.717, 1.165) is 0 Å². The molecule has 1 heterocycles. The molecule has 24 heavy (non-hydrogen) atoms. The Morgan fingerprint density at radius 3 is 2.75 bits per heavy atom. The van der Waals surface area contributed by atoms with Crippen molar-refractivity contribution in [2.24, 2.45) is 0 Å². The van der Waals surface area contributed by atoms with E-state index in [1.807, 2.05) is 6.07 Å². The first-order valence-corrected chi connectivity index (χ1v) is 7.65. The van der Waals surface area contributed by atoms with Gasteiger partial charge >= 0.3 is 5.97 Å². The van der Waals surface area contributed by atoms with Crippen molar-refractivity contribution < 1.29 is 14.3 Å². The highest BCUT2D eigenvalue weighted by molar-refractivity contribution is 6.33. The van der Waals surface area contributed by atoms with Gasteiger partial charge in [0, 0.05) is 16.6 Å². The Balaban J connectivity index is 2.26. The maximum Gasteiger partial charge on any atom is 0.307 e. The highest BCUT2D eigenvalue weighted by Gasteiger charge is 2.17. The normalized spacial score (nSPS) is 10.8. The molecule has 0 aliphatic rings. The summed E-state index contributed by atoms with van der Waals surface area (Å²) in [5.41, 5.74) is 2.78. The molecule has 0 saturated carbocycles. The smallest absolute Gasteiger partial charge is 0.307 e. The summed E-state index contributed by atoms with van der Waals surface area (Å²) in [4.78, 5) is 15.6. The van der Waals surface area contributed by atoms with Crippen LogP contribution in [0.3, 0.4) is 0 Å². The summed E-state index contributed by atoms with van der Waals surface area (Å²) in [7, 11) is 0. The van der Waals surface area contributed by atoms with Gasteiger partial charge in [0.05, 0.1) is 28.3 Å². The molecule has 0 atom stereocenters. The van der Waals surface area contributed by atoms with E-state index in [1.54, 1.807) is 31.2 Å². The lowest BCUT2D eigenvalue weighted by molar-refractivity contribution is -0.136. The molecule has 0 aliphatic heterocycles. The average Bonchev–Trinajstić information content (AvgIpc) is 2.53. The van der Waals surface area contributed by atoms with Gasteiger partial charge in [-0.05, 0) is 37.3 Å². The lowest BCUT2D eigenvalue weighted by Gasteiger charge is -2.17. The first kappa shape index (κ1) is 16.2. The number of pyridine rings is 1. The maximum absolute atomic E-state index is 13.7. The first-order chi connectivity index (χ1) is 11.5. The number of benzene rings is 2. The lowest BCUT2D eigenvalue weighted by Crippen LogP contribution is -2.08. The second-order valence-electron chi connectivity index (χ2n) is 5.39. The van der Waals surface area contributed by atoms with Gasteiger partial charge in [-0.25, -0.2) is 4.39 Å². The van der Waals surface area contributed by atoms with Gasteiger partial charge in [0.1, 0.15) is 5.82 Å². The third kappa shape index (κ3) is 3.16. The van der Waals surface area contributed by atoms with Crippen LogP contribution in [0, 0.1) is 12.7 Å². The van der Waals surface area contributed by atoms with Crippen LogP contribution in [0.4, 0.5) is 15.8 Å². The number of hydrogen-bond acceptors (Lipinski definition) is 3. The first-order valence-electron chi connectivity index (χ1n) is 7.28. The molecule has 122 valence electrons. The SMILES string of the molecule is Cc1nc2ccc(F)cc2c(Nc2ccccc2Cl)c1CC(=O)O. The molecule has 0 unspecified atom stereocenters. The van der Waals surface area contributed by atoms with Crippen LogP contribution in [0.5, 0.6) is 0 Å². The molecule has 0 bridgehead atoms. The standard InChI is InChI=1S/C18H14ClFN2O2/c1-10-12(9-17(23)24)18(22-16-5-3-2-4-14(16)19)13-8-11(20)6-7-15(13)21-10/h2-8H,9H2,1H3,(H,21,22)(H,23,24). The number of nitrogens with zero attached hydrogens (tertiary/aromatic N) is 1. The molecular weight excluding hydrogens is 331 g/mol. The number of halogens is 2. The molecule has 3 aromatic rings.